The molecule has 2 atom stereocenters. The summed E-state index contributed by atoms with van der Waals surface area (Å²) in [6.07, 6.45) is 27.3. The van der Waals surface area contributed by atoms with E-state index in [4.69, 9.17) is 15.2 Å². The smallest absolute Gasteiger partial charge is 0.0723 e. The Morgan fingerprint density at radius 2 is 0.688 bits per heavy atom. The van der Waals surface area contributed by atoms with Gasteiger partial charge in [-0.25, -0.2) is 0 Å². The first-order chi connectivity index (χ1) is 15.6. The van der Waals surface area contributed by atoms with Gasteiger partial charge < -0.3 is 15.2 Å². The molecule has 0 aromatic carbocycles. The third kappa shape index (κ3) is 21.7. The van der Waals surface area contributed by atoms with Crippen molar-refractivity contribution in [1.29, 1.82) is 0 Å². The van der Waals surface area contributed by atoms with Crippen LogP contribution in [0.5, 0.6) is 0 Å². The molecule has 0 aromatic rings. The molecule has 194 valence electrons. The van der Waals surface area contributed by atoms with Gasteiger partial charge in [0, 0.05) is 13.2 Å². The molecule has 0 aliphatic rings. The zero-order valence-electron chi connectivity index (χ0n) is 22.7. The molecule has 32 heavy (non-hydrogen) atoms. The van der Waals surface area contributed by atoms with Crippen LogP contribution in [-0.2, 0) is 9.47 Å². The maximum atomic E-state index is 6.37. The maximum absolute atomic E-state index is 6.37. The zero-order valence-corrected chi connectivity index (χ0v) is 22.7. The molecule has 0 bridgehead atoms. The van der Waals surface area contributed by atoms with Crippen molar-refractivity contribution in [3.8, 4) is 0 Å². The molecule has 0 fully saturated rings. The van der Waals surface area contributed by atoms with E-state index in [2.05, 4.69) is 27.7 Å². The van der Waals surface area contributed by atoms with Crippen LogP contribution in [0.15, 0.2) is 0 Å². The molecule has 0 radical (unpaired) electrons. The minimum Gasteiger partial charge on any atom is -0.377 e. The Kier molecular flexibility index (Phi) is 25.4. The van der Waals surface area contributed by atoms with Crippen molar-refractivity contribution in [3.05, 3.63) is 0 Å². The number of ether oxygens (including phenoxy) is 2. The second-order valence-corrected chi connectivity index (χ2v) is 10.1. The summed E-state index contributed by atoms with van der Waals surface area (Å²) in [5.41, 5.74) is 6.37. The summed E-state index contributed by atoms with van der Waals surface area (Å²) in [6, 6.07) is -0.0405. The Bertz CT molecular complexity index is 318. The van der Waals surface area contributed by atoms with Crippen molar-refractivity contribution in [2.75, 3.05) is 13.2 Å². The highest BCUT2D eigenvalue weighted by Gasteiger charge is 2.20. The lowest BCUT2D eigenvalue weighted by atomic mass is 10.1. The van der Waals surface area contributed by atoms with Gasteiger partial charge in [-0.3, -0.25) is 0 Å². The molecule has 0 saturated heterocycles. The van der Waals surface area contributed by atoms with Crippen LogP contribution in [0.4, 0.5) is 0 Å². The molecular formula is C29H61NO2. The summed E-state index contributed by atoms with van der Waals surface area (Å²) in [6.45, 7) is 10.4. The fraction of sp³-hybridized carbons (Fsp3) is 1.00. The SMILES string of the molecule is CCCCCCCCCCCCOC(C)C(N)C(C)OCCCCCCCCCCCC. The van der Waals surface area contributed by atoms with E-state index in [1.165, 1.54) is 116 Å². The van der Waals surface area contributed by atoms with E-state index in [1.807, 2.05) is 0 Å². The van der Waals surface area contributed by atoms with E-state index in [0.717, 1.165) is 26.1 Å². The van der Waals surface area contributed by atoms with Gasteiger partial charge in [-0.15, -0.1) is 0 Å². The number of rotatable bonds is 26. The fourth-order valence-electron chi connectivity index (χ4n) is 4.32. The second kappa shape index (κ2) is 25.5. The molecule has 3 nitrogen and oxygen atoms in total. The van der Waals surface area contributed by atoms with Crippen molar-refractivity contribution < 1.29 is 9.47 Å². The van der Waals surface area contributed by atoms with Crippen LogP contribution >= 0.6 is 0 Å². The van der Waals surface area contributed by atoms with Gasteiger partial charge in [-0.05, 0) is 26.7 Å². The van der Waals surface area contributed by atoms with Gasteiger partial charge >= 0.3 is 0 Å². The van der Waals surface area contributed by atoms with Gasteiger partial charge in [-0.2, -0.15) is 0 Å². The van der Waals surface area contributed by atoms with Crippen molar-refractivity contribution >= 4 is 0 Å². The van der Waals surface area contributed by atoms with E-state index >= 15 is 0 Å². The van der Waals surface area contributed by atoms with E-state index in [-0.39, 0.29) is 18.2 Å². The first-order valence-corrected chi connectivity index (χ1v) is 14.6. The summed E-state index contributed by atoms with van der Waals surface area (Å²) < 4.78 is 12.0. The highest BCUT2D eigenvalue weighted by molar-refractivity contribution is 4.76. The average molecular weight is 456 g/mol. The lowest BCUT2D eigenvalue weighted by Crippen LogP contribution is -2.44. The van der Waals surface area contributed by atoms with Gasteiger partial charge in [0.05, 0.1) is 18.2 Å². The Hall–Kier alpha value is -0.120. The number of hydrogen-bond donors (Lipinski definition) is 1. The fourth-order valence-corrected chi connectivity index (χ4v) is 4.32. The lowest BCUT2D eigenvalue weighted by Gasteiger charge is -2.26. The maximum Gasteiger partial charge on any atom is 0.0723 e. The minimum atomic E-state index is -0.0405. The molecule has 0 spiro atoms. The highest BCUT2D eigenvalue weighted by atomic mass is 16.5. The first-order valence-electron chi connectivity index (χ1n) is 14.6. The van der Waals surface area contributed by atoms with Gasteiger partial charge in [0.25, 0.3) is 0 Å². The molecule has 0 heterocycles. The van der Waals surface area contributed by atoms with Gasteiger partial charge in [0.2, 0.25) is 0 Å². The van der Waals surface area contributed by atoms with Crippen LogP contribution in [0.3, 0.4) is 0 Å². The minimum absolute atomic E-state index is 0.0405. The van der Waals surface area contributed by atoms with Crippen LogP contribution in [0.25, 0.3) is 0 Å². The van der Waals surface area contributed by atoms with E-state index in [1.54, 1.807) is 0 Å². The average Bonchev–Trinajstić information content (AvgIpc) is 2.80. The highest BCUT2D eigenvalue weighted by Crippen LogP contribution is 2.13. The quantitative estimate of drug-likeness (QED) is 0.132. The normalized spacial score (nSPS) is 14.5. The Morgan fingerprint density at radius 1 is 0.438 bits per heavy atom. The van der Waals surface area contributed by atoms with Gasteiger partial charge in [-0.1, -0.05) is 129 Å². The van der Waals surface area contributed by atoms with Crippen LogP contribution in [0.2, 0.25) is 0 Å². The molecular weight excluding hydrogens is 394 g/mol. The van der Waals surface area contributed by atoms with E-state index in [0.29, 0.717) is 0 Å². The van der Waals surface area contributed by atoms with Crippen LogP contribution in [0, 0.1) is 0 Å². The van der Waals surface area contributed by atoms with Crippen molar-refractivity contribution in [2.45, 2.75) is 174 Å². The topological polar surface area (TPSA) is 44.5 Å². The summed E-state index contributed by atoms with van der Waals surface area (Å²) in [5, 5.41) is 0. The third-order valence-corrected chi connectivity index (χ3v) is 6.84. The van der Waals surface area contributed by atoms with E-state index in [9.17, 15) is 0 Å². The molecule has 0 aromatic heterocycles. The zero-order chi connectivity index (χ0) is 23.7. The van der Waals surface area contributed by atoms with Gasteiger partial charge in [0.1, 0.15) is 0 Å². The first kappa shape index (κ1) is 31.9. The molecule has 0 amide bonds. The number of unbranched alkanes of at least 4 members (excludes halogenated alkanes) is 18. The molecule has 0 saturated carbocycles. The van der Waals surface area contributed by atoms with Crippen LogP contribution in [-0.4, -0.2) is 31.5 Å². The van der Waals surface area contributed by atoms with Crippen LogP contribution in [0.1, 0.15) is 156 Å². The van der Waals surface area contributed by atoms with Gasteiger partial charge in [0.15, 0.2) is 0 Å². The molecule has 0 aliphatic carbocycles. The molecule has 2 N–H and O–H groups in total. The summed E-state index contributed by atoms with van der Waals surface area (Å²) in [4.78, 5) is 0. The molecule has 0 rings (SSSR count). The Morgan fingerprint density at radius 3 is 0.969 bits per heavy atom. The van der Waals surface area contributed by atoms with E-state index < -0.39 is 0 Å². The Balaban J connectivity index is 3.45. The molecule has 3 heteroatoms. The Labute approximate surface area is 203 Å². The predicted octanol–water partition coefficient (Wildman–Crippen LogP) is 8.97. The molecule has 0 aliphatic heterocycles. The number of nitrogens with two attached hydrogens (primary N) is 1. The van der Waals surface area contributed by atoms with Crippen LogP contribution < -0.4 is 5.73 Å². The summed E-state index contributed by atoms with van der Waals surface area (Å²) >= 11 is 0. The summed E-state index contributed by atoms with van der Waals surface area (Å²) in [7, 11) is 0. The predicted molar refractivity (Wildman–Crippen MR) is 142 cm³/mol. The number of hydrogen-bond acceptors (Lipinski definition) is 3. The van der Waals surface area contributed by atoms with Crippen molar-refractivity contribution in [3.63, 3.8) is 0 Å². The second-order valence-electron chi connectivity index (χ2n) is 10.1. The molecule has 2 unspecified atom stereocenters. The lowest BCUT2D eigenvalue weighted by molar-refractivity contribution is -0.0213. The van der Waals surface area contributed by atoms with Crippen molar-refractivity contribution in [2.24, 2.45) is 5.73 Å². The largest absolute Gasteiger partial charge is 0.377 e. The summed E-state index contributed by atoms with van der Waals surface area (Å²) in [5.74, 6) is 0. The standard InChI is InChI=1S/C29H61NO2/c1-5-7-9-11-13-15-17-19-21-23-25-31-27(3)29(30)28(4)32-26-24-22-20-18-16-14-12-10-8-6-2/h27-29H,5-26,30H2,1-4H3. The monoisotopic (exact) mass is 455 g/mol. The third-order valence-electron chi connectivity index (χ3n) is 6.84. The van der Waals surface area contributed by atoms with Crippen molar-refractivity contribution in [1.82, 2.24) is 0 Å².